The van der Waals surface area contributed by atoms with Crippen LogP contribution in [0.3, 0.4) is 0 Å². The first-order chi connectivity index (χ1) is 9.27. The zero-order valence-corrected chi connectivity index (χ0v) is 11.3. The average molecular weight is 301 g/mol. The largest absolute Gasteiger partial charge is 0.418 e. The molecule has 3 N–H and O–H groups in total. The van der Waals surface area contributed by atoms with E-state index >= 15 is 0 Å². The van der Waals surface area contributed by atoms with E-state index in [9.17, 15) is 13.2 Å². The van der Waals surface area contributed by atoms with Gasteiger partial charge in [-0.05, 0) is 42.8 Å². The molecule has 0 radical (unpaired) electrons. The second-order valence-electron chi connectivity index (χ2n) is 4.39. The highest BCUT2D eigenvalue weighted by Gasteiger charge is 2.33. The number of nitrogens with two attached hydrogens (primary N) is 1. The Kier molecular flexibility index (Phi) is 3.81. The minimum Gasteiger partial charge on any atom is -0.399 e. The molecule has 0 spiro atoms. The lowest BCUT2D eigenvalue weighted by atomic mass is 10.1. The third-order valence-electron chi connectivity index (χ3n) is 2.82. The first-order valence-corrected chi connectivity index (χ1v) is 6.15. The van der Waals surface area contributed by atoms with Crippen LogP contribution in [-0.4, -0.2) is 0 Å². The van der Waals surface area contributed by atoms with Gasteiger partial charge in [0.25, 0.3) is 0 Å². The summed E-state index contributed by atoms with van der Waals surface area (Å²) in [7, 11) is 0. The molecule has 0 saturated carbocycles. The van der Waals surface area contributed by atoms with Crippen LogP contribution in [0.5, 0.6) is 0 Å². The van der Waals surface area contributed by atoms with Gasteiger partial charge in [0.2, 0.25) is 0 Å². The molecule has 0 saturated heterocycles. The summed E-state index contributed by atoms with van der Waals surface area (Å²) in [5, 5.41) is 3.20. The zero-order valence-electron chi connectivity index (χ0n) is 10.6. The Labute approximate surface area is 119 Å². The van der Waals surface area contributed by atoms with Crippen LogP contribution in [0.1, 0.15) is 11.1 Å². The molecule has 0 aliphatic rings. The van der Waals surface area contributed by atoms with Crippen LogP contribution in [0.25, 0.3) is 0 Å². The third kappa shape index (κ3) is 3.17. The molecule has 0 aromatic heterocycles. The van der Waals surface area contributed by atoms with Crippen LogP contribution < -0.4 is 11.1 Å². The Morgan fingerprint density at radius 2 is 1.75 bits per heavy atom. The summed E-state index contributed by atoms with van der Waals surface area (Å²) >= 11 is 5.86. The molecule has 0 heterocycles. The van der Waals surface area contributed by atoms with Crippen molar-refractivity contribution in [1.82, 2.24) is 0 Å². The van der Waals surface area contributed by atoms with Crippen molar-refractivity contribution < 1.29 is 13.2 Å². The standard InChI is InChI=1S/C14H12ClF3N2/c1-8-2-3-9(15)6-13(8)20-12-5-4-10(19)7-11(12)14(16,17)18/h2-7,20H,19H2,1H3. The Balaban J connectivity index is 2.46. The number of anilines is 3. The van der Waals surface area contributed by atoms with Gasteiger partial charge < -0.3 is 11.1 Å². The summed E-state index contributed by atoms with van der Waals surface area (Å²) < 4.78 is 39.0. The van der Waals surface area contributed by atoms with E-state index in [0.29, 0.717) is 10.7 Å². The van der Waals surface area contributed by atoms with E-state index in [1.165, 1.54) is 12.1 Å². The van der Waals surface area contributed by atoms with Crippen LogP contribution in [-0.2, 0) is 6.18 Å². The highest BCUT2D eigenvalue weighted by Crippen LogP contribution is 2.37. The molecule has 106 valence electrons. The van der Waals surface area contributed by atoms with Crippen molar-refractivity contribution in [3.8, 4) is 0 Å². The number of rotatable bonds is 2. The van der Waals surface area contributed by atoms with Gasteiger partial charge in [0, 0.05) is 16.4 Å². The number of hydrogen-bond acceptors (Lipinski definition) is 2. The van der Waals surface area contributed by atoms with Gasteiger partial charge in [-0.15, -0.1) is 0 Å². The number of halogens is 4. The molecule has 0 aliphatic heterocycles. The van der Waals surface area contributed by atoms with Crippen molar-refractivity contribution in [1.29, 1.82) is 0 Å². The molecule has 0 aliphatic carbocycles. The van der Waals surface area contributed by atoms with E-state index in [1.807, 2.05) is 0 Å². The van der Waals surface area contributed by atoms with Gasteiger partial charge in [-0.3, -0.25) is 0 Å². The van der Waals surface area contributed by atoms with Crippen LogP contribution >= 0.6 is 11.6 Å². The SMILES string of the molecule is Cc1ccc(Cl)cc1Nc1ccc(N)cc1C(F)(F)F. The normalized spacial score (nSPS) is 11.4. The van der Waals surface area contributed by atoms with Crippen molar-refractivity contribution in [2.45, 2.75) is 13.1 Å². The topological polar surface area (TPSA) is 38.0 Å². The maximum Gasteiger partial charge on any atom is 0.418 e. The Bertz CT molecular complexity index is 639. The quantitative estimate of drug-likeness (QED) is 0.767. The molecule has 0 unspecified atom stereocenters. The molecule has 20 heavy (non-hydrogen) atoms. The molecule has 2 aromatic carbocycles. The summed E-state index contributed by atoms with van der Waals surface area (Å²) in [4.78, 5) is 0. The predicted molar refractivity (Wildman–Crippen MR) is 75.3 cm³/mol. The van der Waals surface area contributed by atoms with Crippen molar-refractivity contribution in [2.75, 3.05) is 11.1 Å². The minimum atomic E-state index is -4.48. The molecule has 0 atom stereocenters. The van der Waals surface area contributed by atoms with E-state index in [2.05, 4.69) is 5.32 Å². The number of nitrogens with one attached hydrogen (secondary N) is 1. The van der Waals surface area contributed by atoms with Gasteiger partial charge >= 0.3 is 6.18 Å². The lowest BCUT2D eigenvalue weighted by molar-refractivity contribution is -0.136. The number of alkyl halides is 3. The first-order valence-electron chi connectivity index (χ1n) is 5.77. The molecule has 0 fully saturated rings. The summed E-state index contributed by atoms with van der Waals surface area (Å²) in [6, 6.07) is 8.61. The zero-order chi connectivity index (χ0) is 14.9. The van der Waals surface area contributed by atoms with Gasteiger partial charge in [-0.1, -0.05) is 17.7 Å². The summed E-state index contributed by atoms with van der Waals surface area (Å²) in [6.07, 6.45) is -4.48. The first kappa shape index (κ1) is 14.5. The van der Waals surface area contributed by atoms with Crippen LogP contribution in [0.4, 0.5) is 30.2 Å². The van der Waals surface area contributed by atoms with Crippen LogP contribution in [0.15, 0.2) is 36.4 Å². The minimum absolute atomic E-state index is 0.0583. The van der Waals surface area contributed by atoms with Crippen molar-refractivity contribution in [3.63, 3.8) is 0 Å². The van der Waals surface area contributed by atoms with E-state index in [0.717, 1.165) is 11.6 Å². The molecular formula is C14H12ClF3N2. The van der Waals surface area contributed by atoms with E-state index < -0.39 is 11.7 Å². The van der Waals surface area contributed by atoms with Crippen molar-refractivity contribution >= 4 is 28.7 Å². The predicted octanol–water partition coefficient (Wildman–Crippen LogP) is 4.99. The summed E-state index contributed by atoms with van der Waals surface area (Å²) in [5.41, 5.74) is 5.93. The Morgan fingerprint density at radius 3 is 2.40 bits per heavy atom. The van der Waals surface area contributed by atoms with Gasteiger partial charge in [-0.2, -0.15) is 13.2 Å². The van der Waals surface area contributed by atoms with Crippen LogP contribution in [0, 0.1) is 6.92 Å². The summed E-state index contributed by atoms with van der Waals surface area (Å²) in [6.45, 7) is 1.78. The third-order valence-corrected chi connectivity index (χ3v) is 3.05. The maximum atomic E-state index is 13.0. The molecule has 0 bridgehead atoms. The monoisotopic (exact) mass is 300 g/mol. The van der Waals surface area contributed by atoms with E-state index in [1.54, 1.807) is 25.1 Å². The fraction of sp³-hybridized carbons (Fsp3) is 0.143. The fourth-order valence-corrected chi connectivity index (χ4v) is 1.95. The Hall–Kier alpha value is -1.88. The number of aryl methyl sites for hydroxylation is 1. The molecule has 0 amide bonds. The molecule has 2 aromatic rings. The van der Waals surface area contributed by atoms with E-state index in [4.69, 9.17) is 17.3 Å². The number of nitrogen functional groups attached to an aromatic ring is 1. The van der Waals surface area contributed by atoms with Crippen molar-refractivity contribution in [2.24, 2.45) is 0 Å². The number of hydrogen-bond donors (Lipinski definition) is 2. The molecule has 2 rings (SSSR count). The fourth-order valence-electron chi connectivity index (χ4n) is 1.78. The highest BCUT2D eigenvalue weighted by atomic mass is 35.5. The Morgan fingerprint density at radius 1 is 1.05 bits per heavy atom. The molecule has 6 heteroatoms. The molecule has 2 nitrogen and oxygen atoms in total. The van der Waals surface area contributed by atoms with Crippen LogP contribution in [0.2, 0.25) is 5.02 Å². The summed E-state index contributed by atoms with van der Waals surface area (Å²) in [5.74, 6) is 0. The number of benzene rings is 2. The van der Waals surface area contributed by atoms with Crippen molar-refractivity contribution in [3.05, 3.63) is 52.5 Å². The lowest BCUT2D eigenvalue weighted by Gasteiger charge is -2.16. The van der Waals surface area contributed by atoms with E-state index in [-0.39, 0.29) is 11.4 Å². The van der Waals surface area contributed by atoms with Gasteiger partial charge in [0.05, 0.1) is 11.3 Å². The average Bonchev–Trinajstić information content (AvgIpc) is 2.34. The van der Waals surface area contributed by atoms with Gasteiger partial charge in [0.1, 0.15) is 0 Å². The maximum absolute atomic E-state index is 13.0. The highest BCUT2D eigenvalue weighted by molar-refractivity contribution is 6.30. The van der Waals surface area contributed by atoms with Gasteiger partial charge in [-0.25, -0.2) is 0 Å². The van der Waals surface area contributed by atoms with Gasteiger partial charge in [0.15, 0.2) is 0 Å². The lowest BCUT2D eigenvalue weighted by Crippen LogP contribution is -2.10. The second-order valence-corrected chi connectivity index (χ2v) is 4.82. The molecular weight excluding hydrogens is 289 g/mol. The second kappa shape index (κ2) is 5.25. The smallest absolute Gasteiger partial charge is 0.399 e.